The molecular formula is C21H15Cl2N3O2S2. The molecular weight excluding hydrogens is 461 g/mol. The van der Waals surface area contributed by atoms with Crippen molar-refractivity contribution in [2.75, 3.05) is 11.1 Å². The summed E-state index contributed by atoms with van der Waals surface area (Å²) < 4.78 is 2.00. The zero-order valence-electron chi connectivity index (χ0n) is 15.7. The number of thioether (sulfide) groups is 1. The molecule has 2 aromatic heterocycles. The highest BCUT2D eigenvalue weighted by Crippen LogP contribution is 2.28. The Morgan fingerprint density at radius 2 is 1.90 bits per heavy atom. The molecule has 0 radical (unpaired) electrons. The molecule has 0 fully saturated rings. The number of amides is 1. The fraction of sp³-hybridized carbons (Fsp3) is 0.0952. The van der Waals surface area contributed by atoms with Crippen LogP contribution in [0.5, 0.6) is 0 Å². The summed E-state index contributed by atoms with van der Waals surface area (Å²) in [6.45, 7) is 1.87. The van der Waals surface area contributed by atoms with Gasteiger partial charge in [-0.25, -0.2) is 4.98 Å². The average Bonchev–Trinajstić information content (AvgIpc) is 3.19. The van der Waals surface area contributed by atoms with Gasteiger partial charge in [-0.3, -0.25) is 14.2 Å². The van der Waals surface area contributed by atoms with Crippen LogP contribution in [0.15, 0.2) is 63.9 Å². The van der Waals surface area contributed by atoms with E-state index in [2.05, 4.69) is 10.3 Å². The molecule has 152 valence electrons. The SMILES string of the molecule is Cc1cccc(Cl)c1NC(=O)CSc1nc2ccsc2c(=O)n1-c1ccccc1Cl. The van der Waals surface area contributed by atoms with E-state index in [1.807, 2.05) is 24.4 Å². The van der Waals surface area contributed by atoms with E-state index in [9.17, 15) is 9.59 Å². The molecule has 0 aliphatic carbocycles. The zero-order chi connectivity index (χ0) is 21.3. The standard InChI is InChI=1S/C21H15Cl2N3O2S2/c1-12-5-4-7-14(23)18(12)25-17(27)11-30-21-24-15-9-10-29-19(15)20(28)26(21)16-8-3-2-6-13(16)22/h2-10H,11H2,1H3,(H,25,27). The second-order valence-corrected chi connectivity index (χ2v) is 9.06. The fourth-order valence-electron chi connectivity index (χ4n) is 2.93. The van der Waals surface area contributed by atoms with E-state index in [1.54, 1.807) is 36.4 Å². The number of aryl methyl sites for hydroxylation is 1. The molecule has 0 saturated heterocycles. The first kappa shape index (κ1) is 20.9. The van der Waals surface area contributed by atoms with Crippen LogP contribution in [0, 0.1) is 6.92 Å². The lowest BCUT2D eigenvalue weighted by molar-refractivity contribution is -0.113. The van der Waals surface area contributed by atoms with Crippen molar-refractivity contribution in [3.8, 4) is 5.69 Å². The van der Waals surface area contributed by atoms with E-state index >= 15 is 0 Å². The molecule has 1 N–H and O–H groups in total. The van der Waals surface area contributed by atoms with Gasteiger partial charge in [0.25, 0.3) is 5.56 Å². The van der Waals surface area contributed by atoms with Crippen molar-refractivity contribution < 1.29 is 4.79 Å². The number of hydrogen-bond acceptors (Lipinski definition) is 5. The molecule has 1 amide bonds. The summed E-state index contributed by atoms with van der Waals surface area (Å²) in [6, 6.07) is 14.3. The van der Waals surface area contributed by atoms with Crippen LogP contribution >= 0.6 is 46.3 Å². The van der Waals surface area contributed by atoms with Crippen molar-refractivity contribution >= 4 is 68.1 Å². The number of halogens is 2. The van der Waals surface area contributed by atoms with Gasteiger partial charge in [-0.05, 0) is 42.1 Å². The van der Waals surface area contributed by atoms with E-state index in [-0.39, 0.29) is 17.2 Å². The summed E-state index contributed by atoms with van der Waals surface area (Å²) in [5.41, 5.74) is 2.35. The van der Waals surface area contributed by atoms with E-state index < -0.39 is 0 Å². The quantitative estimate of drug-likeness (QED) is 0.292. The summed E-state index contributed by atoms with van der Waals surface area (Å²) in [5.74, 6) is -0.196. The maximum Gasteiger partial charge on any atom is 0.276 e. The number of fused-ring (bicyclic) bond motifs is 1. The van der Waals surface area contributed by atoms with Crippen LogP contribution in [0.1, 0.15) is 5.56 Å². The topological polar surface area (TPSA) is 64.0 Å². The van der Waals surface area contributed by atoms with E-state index in [1.165, 1.54) is 15.9 Å². The number of benzene rings is 2. The van der Waals surface area contributed by atoms with Crippen molar-refractivity contribution in [3.05, 3.63) is 79.9 Å². The number of thiophene rings is 1. The first-order chi connectivity index (χ1) is 14.5. The Balaban J connectivity index is 1.67. The van der Waals surface area contributed by atoms with Crippen LogP contribution in [-0.4, -0.2) is 21.2 Å². The number of hydrogen-bond donors (Lipinski definition) is 1. The molecule has 0 aliphatic rings. The maximum atomic E-state index is 13.1. The maximum absolute atomic E-state index is 13.1. The van der Waals surface area contributed by atoms with Gasteiger partial charge in [-0.2, -0.15) is 0 Å². The lowest BCUT2D eigenvalue weighted by atomic mass is 10.2. The van der Waals surface area contributed by atoms with Gasteiger partial charge in [0.05, 0.1) is 32.7 Å². The van der Waals surface area contributed by atoms with Gasteiger partial charge in [0.1, 0.15) is 4.70 Å². The van der Waals surface area contributed by atoms with Crippen LogP contribution in [-0.2, 0) is 4.79 Å². The lowest BCUT2D eigenvalue weighted by Crippen LogP contribution is -2.22. The number of nitrogens with one attached hydrogen (secondary N) is 1. The highest BCUT2D eigenvalue weighted by atomic mass is 35.5. The molecule has 4 aromatic rings. The van der Waals surface area contributed by atoms with Crippen molar-refractivity contribution in [1.82, 2.24) is 9.55 Å². The van der Waals surface area contributed by atoms with Crippen molar-refractivity contribution in [3.63, 3.8) is 0 Å². The normalized spacial score (nSPS) is 11.0. The molecule has 0 atom stereocenters. The van der Waals surface area contributed by atoms with Crippen LogP contribution in [0.2, 0.25) is 10.0 Å². The van der Waals surface area contributed by atoms with E-state index in [0.717, 1.165) is 17.3 Å². The van der Waals surface area contributed by atoms with Gasteiger partial charge in [0.15, 0.2) is 5.16 Å². The third kappa shape index (κ3) is 4.11. The summed E-state index contributed by atoms with van der Waals surface area (Å²) in [6.07, 6.45) is 0. The number of anilines is 1. The summed E-state index contributed by atoms with van der Waals surface area (Å²) in [7, 11) is 0. The number of nitrogens with zero attached hydrogens (tertiary/aromatic N) is 2. The second kappa shape index (κ2) is 8.81. The minimum atomic E-state index is -0.249. The molecule has 0 bridgehead atoms. The molecule has 0 aliphatic heterocycles. The predicted octanol–water partition coefficient (Wildman–Crippen LogP) is 5.79. The Bertz CT molecular complexity index is 1300. The molecule has 0 unspecified atom stereocenters. The predicted molar refractivity (Wildman–Crippen MR) is 126 cm³/mol. The van der Waals surface area contributed by atoms with Crippen LogP contribution in [0.4, 0.5) is 5.69 Å². The average molecular weight is 476 g/mol. The summed E-state index contributed by atoms with van der Waals surface area (Å²) in [4.78, 5) is 30.3. The molecule has 2 heterocycles. The fourth-order valence-corrected chi connectivity index (χ4v) is 4.98. The molecule has 30 heavy (non-hydrogen) atoms. The van der Waals surface area contributed by atoms with Gasteiger partial charge in [0, 0.05) is 0 Å². The Hall–Kier alpha value is -2.32. The number of carbonyl (C=O) groups excluding carboxylic acids is 1. The minimum absolute atomic E-state index is 0.0528. The zero-order valence-corrected chi connectivity index (χ0v) is 18.8. The molecule has 9 heteroatoms. The minimum Gasteiger partial charge on any atom is -0.324 e. The largest absolute Gasteiger partial charge is 0.324 e. The molecule has 2 aromatic carbocycles. The highest BCUT2D eigenvalue weighted by Gasteiger charge is 2.18. The number of rotatable bonds is 5. The molecule has 5 nitrogen and oxygen atoms in total. The van der Waals surface area contributed by atoms with E-state index in [4.69, 9.17) is 23.2 Å². The van der Waals surface area contributed by atoms with Crippen LogP contribution in [0.3, 0.4) is 0 Å². The van der Waals surface area contributed by atoms with Crippen LogP contribution in [0.25, 0.3) is 15.9 Å². The van der Waals surface area contributed by atoms with Gasteiger partial charge in [0.2, 0.25) is 5.91 Å². The Kier molecular flexibility index (Phi) is 6.15. The Morgan fingerprint density at radius 3 is 2.67 bits per heavy atom. The lowest BCUT2D eigenvalue weighted by Gasteiger charge is -2.14. The first-order valence-corrected chi connectivity index (χ1v) is 11.5. The van der Waals surface area contributed by atoms with Crippen molar-refractivity contribution in [2.45, 2.75) is 12.1 Å². The Labute approximate surface area is 190 Å². The second-order valence-electron chi connectivity index (χ2n) is 6.39. The molecule has 0 spiro atoms. The third-order valence-corrected chi connectivity index (χ3v) is 6.83. The summed E-state index contributed by atoms with van der Waals surface area (Å²) in [5, 5.41) is 5.94. The highest BCUT2D eigenvalue weighted by molar-refractivity contribution is 7.99. The molecule has 4 rings (SSSR count). The number of para-hydroxylation sites is 2. The monoisotopic (exact) mass is 475 g/mol. The first-order valence-electron chi connectivity index (χ1n) is 8.88. The summed E-state index contributed by atoms with van der Waals surface area (Å²) >= 11 is 15.0. The van der Waals surface area contributed by atoms with Crippen molar-refractivity contribution in [1.29, 1.82) is 0 Å². The van der Waals surface area contributed by atoms with Crippen LogP contribution < -0.4 is 10.9 Å². The smallest absolute Gasteiger partial charge is 0.276 e. The Morgan fingerprint density at radius 1 is 1.13 bits per heavy atom. The van der Waals surface area contributed by atoms with Crippen molar-refractivity contribution in [2.24, 2.45) is 0 Å². The van der Waals surface area contributed by atoms with E-state index in [0.29, 0.717) is 36.8 Å². The van der Waals surface area contributed by atoms with Gasteiger partial charge in [-0.15, -0.1) is 11.3 Å². The third-order valence-electron chi connectivity index (χ3n) is 4.36. The van der Waals surface area contributed by atoms with Gasteiger partial charge < -0.3 is 5.32 Å². The molecule has 0 saturated carbocycles. The van der Waals surface area contributed by atoms with Gasteiger partial charge >= 0.3 is 0 Å². The van der Waals surface area contributed by atoms with Gasteiger partial charge in [-0.1, -0.05) is 59.2 Å². The number of aromatic nitrogens is 2. The number of carbonyl (C=O) groups is 1.